The first-order chi connectivity index (χ1) is 7.66. The van der Waals surface area contributed by atoms with Crippen LogP contribution in [0.4, 0.5) is 0 Å². The van der Waals surface area contributed by atoms with E-state index >= 15 is 0 Å². The number of ketones is 1. The number of aromatic nitrogens is 1. The first-order valence-corrected chi connectivity index (χ1v) is 5.82. The Morgan fingerprint density at radius 3 is 2.81 bits per heavy atom. The van der Waals surface area contributed by atoms with Gasteiger partial charge < -0.3 is 4.98 Å². The third-order valence-corrected chi connectivity index (χ3v) is 3.47. The van der Waals surface area contributed by atoms with Crippen molar-refractivity contribution in [2.75, 3.05) is 0 Å². The monoisotopic (exact) mass is 213 g/mol. The second-order valence-electron chi connectivity index (χ2n) is 4.76. The molecule has 1 aliphatic carbocycles. The zero-order valence-corrected chi connectivity index (χ0v) is 9.68. The summed E-state index contributed by atoms with van der Waals surface area (Å²) in [6.45, 7) is 4.21. The van der Waals surface area contributed by atoms with Crippen LogP contribution in [0, 0.1) is 13.8 Å². The van der Waals surface area contributed by atoms with Gasteiger partial charge in [0.25, 0.3) is 0 Å². The summed E-state index contributed by atoms with van der Waals surface area (Å²) in [6, 6.07) is 4.35. The topological polar surface area (TPSA) is 32.9 Å². The number of Topliss-reactive ketones (excluding diaryl/α,β-unsaturated/α-hetero) is 1. The summed E-state index contributed by atoms with van der Waals surface area (Å²) in [5.74, 6) is 0.273. The molecule has 0 saturated heterocycles. The van der Waals surface area contributed by atoms with Crippen LogP contribution in [0.5, 0.6) is 0 Å². The van der Waals surface area contributed by atoms with Crippen molar-refractivity contribution in [3.8, 4) is 0 Å². The number of rotatable bonds is 0. The van der Waals surface area contributed by atoms with Crippen molar-refractivity contribution in [3.63, 3.8) is 0 Å². The SMILES string of the molecule is Cc1cc(C)c2[nH]c3c(c2c1)CCCC3=O. The van der Waals surface area contributed by atoms with Crippen LogP contribution in [-0.4, -0.2) is 10.8 Å². The van der Waals surface area contributed by atoms with Gasteiger partial charge >= 0.3 is 0 Å². The largest absolute Gasteiger partial charge is 0.352 e. The van der Waals surface area contributed by atoms with E-state index in [1.807, 2.05) is 0 Å². The molecule has 1 N–H and O–H groups in total. The maximum absolute atomic E-state index is 11.8. The highest BCUT2D eigenvalue weighted by Crippen LogP contribution is 2.31. The predicted molar refractivity (Wildman–Crippen MR) is 65.0 cm³/mol. The molecule has 1 aromatic heterocycles. The molecule has 82 valence electrons. The molecule has 2 aromatic rings. The molecule has 16 heavy (non-hydrogen) atoms. The summed E-state index contributed by atoms with van der Waals surface area (Å²) in [5, 5.41) is 1.25. The number of carbonyl (C=O) groups excluding carboxylic acids is 1. The summed E-state index contributed by atoms with van der Waals surface area (Å²) in [7, 11) is 0. The first kappa shape index (κ1) is 9.64. The van der Waals surface area contributed by atoms with Gasteiger partial charge in [-0.1, -0.05) is 11.6 Å². The average Bonchev–Trinajstić information content (AvgIpc) is 2.59. The molecule has 3 rings (SSSR count). The molecule has 1 aliphatic rings. The maximum atomic E-state index is 11.8. The molecule has 0 aliphatic heterocycles. The minimum Gasteiger partial charge on any atom is -0.352 e. The fourth-order valence-electron chi connectivity index (χ4n) is 2.76. The predicted octanol–water partition coefficient (Wildman–Crippen LogP) is 3.30. The van der Waals surface area contributed by atoms with Gasteiger partial charge in [-0.2, -0.15) is 0 Å². The number of carbonyl (C=O) groups is 1. The second-order valence-corrected chi connectivity index (χ2v) is 4.76. The zero-order valence-electron chi connectivity index (χ0n) is 9.68. The quantitative estimate of drug-likeness (QED) is 0.715. The molecule has 0 saturated carbocycles. The lowest BCUT2D eigenvalue weighted by Gasteiger charge is -2.09. The highest BCUT2D eigenvalue weighted by molar-refractivity contribution is 6.04. The van der Waals surface area contributed by atoms with Gasteiger partial charge in [0.2, 0.25) is 0 Å². The molecule has 0 atom stereocenters. The molecule has 0 radical (unpaired) electrons. The third-order valence-electron chi connectivity index (χ3n) is 3.47. The summed E-state index contributed by atoms with van der Waals surface area (Å²) in [5.41, 5.74) is 5.74. The molecule has 0 spiro atoms. The van der Waals surface area contributed by atoms with E-state index in [1.165, 1.54) is 22.1 Å². The Morgan fingerprint density at radius 1 is 1.19 bits per heavy atom. The number of hydrogen-bond acceptors (Lipinski definition) is 1. The molecule has 2 heteroatoms. The van der Waals surface area contributed by atoms with Crippen LogP contribution >= 0.6 is 0 Å². The third kappa shape index (κ3) is 1.22. The lowest BCUT2D eigenvalue weighted by Crippen LogP contribution is -2.09. The van der Waals surface area contributed by atoms with E-state index in [1.54, 1.807) is 0 Å². The molecule has 0 unspecified atom stereocenters. The summed E-state index contributed by atoms with van der Waals surface area (Å²) in [6.07, 6.45) is 2.72. The van der Waals surface area contributed by atoms with Crippen molar-refractivity contribution < 1.29 is 4.79 Å². The lowest BCUT2D eigenvalue weighted by molar-refractivity contribution is 0.0968. The number of aromatic amines is 1. The second kappa shape index (κ2) is 3.21. The van der Waals surface area contributed by atoms with Crippen LogP contribution in [0.15, 0.2) is 12.1 Å². The number of H-pyrrole nitrogens is 1. The summed E-state index contributed by atoms with van der Waals surface area (Å²) in [4.78, 5) is 15.1. The molecular formula is C14H15NO. The van der Waals surface area contributed by atoms with Crippen molar-refractivity contribution in [3.05, 3.63) is 34.5 Å². The Labute approximate surface area is 94.7 Å². The van der Waals surface area contributed by atoms with Crippen molar-refractivity contribution in [2.45, 2.75) is 33.1 Å². The minimum atomic E-state index is 0.273. The van der Waals surface area contributed by atoms with Crippen LogP contribution in [-0.2, 0) is 6.42 Å². The summed E-state index contributed by atoms with van der Waals surface area (Å²) >= 11 is 0. The molecule has 0 fully saturated rings. The van der Waals surface area contributed by atoms with Gasteiger partial charge in [0.1, 0.15) is 0 Å². The van der Waals surface area contributed by atoms with Gasteiger partial charge in [0.05, 0.1) is 5.69 Å². The van der Waals surface area contributed by atoms with E-state index in [-0.39, 0.29) is 5.78 Å². The van der Waals surface area contributed by atoms with Crippen LogP contribution in [0.25, 0.3) is 10.9 Å². The number of fused-ring (bicyclic) bond motifs is 3. The molecule has 1 heterocycles. The fourth-order valence-corrected chi connectivity index (χ4v) is 2.76. The van der Waals surface area contributed by atoms with Crippen LogP contribution in [0.1, 0.15) is 40.0 Å². The van der Waals surface area contributed by atoms with Crippen molar-refractivity contribution >= 4 is 16.7 Å². The van der Waals surface area contributed by atoms with E-state index in [9.17, 15) is 4.79 Å². The van der Waals surface area contributed by atoms with Gasteiger partial charge in [-0.25, -0.2) is 0 Å². The van der Waals surface area contributed by atoms with Crippen molar-refractivity contribution in [1.82, 2.24) is 4.98 Å². The van der Waals surface area contributed by atoms with Crippen LogP contribution in [0.2, 0.25) is 0 Å². The molecular weight excluding hydrogens is 198 g/mol. The molecule has 2 nitrogen and oxygen atoms in total. The van der Waals surface area contributed by atoms with E-state index in [0.29, 0.717) is 6.42 Å². The van der Waals surface area contributed by atoms with Gasteiger partial charge in [0.15, 0.2) is 5.78 Å². The first-order valence-electron chi connectivity index (χ1n) is 5.82. The van der Waals surface area contributed by atoms with E-state index in [4.69, 9.17) is 0 Å². The number of benzene rings is 1. The Hall–Kier alpha value is -1.57. The highest BCUT2D eigenvalue weighted by Gasteiger charge is 2.22. The van der Waals surface area contributed by atoms with E-state index < -0.39 is 0 Å². The van der Waals surface area contributed by atoms with Gasteiger partial charge in [-0.15, -0.1) is 0 Å². The van der Waals surface area contributed by atoms with Gasteiger partial charge in [0, 0.05) is 17.3 Å². The minimum absolute atomic E-state index is 0.273. The number of hydrogen-bond donors (Lipinski definition) is 1. The number of nitrogens with one attached hydrogen (secondary N) is 1. The Bertz CT molecular complexity index is 592. The Kier molecular flexibility index (Phi) is 1.93. The van der Waals surface area contributed by atoms with Crippen molar-refractivity contribution in [1.29, 1.82) is 0 Å². The van der Waals surface area contributed by atoms with E-state index in [2.05, 4.69) is 31.0 Å². The van der Waals surface area contributed by atoms with Gasteiger partial charge in [-0.3, -0.25) is 4.79 Å². The lowest BCUT2D eigenvalue weighted by atomic mass is 9.94. The molecule has 0 bridgehead atoms. The van der Waals surface area contributed by atoms with Crippen LogP contribution < -0.4 is 0 Å². The van der Waals surface area contributed by atoms with E-state index in [0.717, 1.165) is 24.1 Å². The Balaban J connectivity index is 2.40. The van der Waals surface area contributed by atoms with Gasteiger partial charge in [-0.05, 0) is 43.9 Å². The molecule has 0 amide bonds. The Morgan fingerprint density at radius 2 is 2.00 bits per heavy atom. The smallest absolute Gasteiger partial charge is 0.179 e. The van der Waals surface area contributed by atoms with Crippen LogP contribution in [0.3, 0.4) is 0 Å². The standard InChI is InChI=1S/C14H15NO/c1-8-6-9(2)13-11(7-8)10-4-3-5-12(16)14(10)15-13/h6-7,15H,3-5H2,1-2H3. The molecule has 1 aromatic carbocycles. The highest BCUT2D eigenvalue weighted by atomic mass is 16.1. The normalized spacial score (nSPS) is 15.5. The van der Waals surface area contributed by atoms with Crippen molar-refractivity contribution in [2.24, 2.45) is 0 Å². The fraction of sp³-hybridized carbons (Fsp3) is 0.357. The number of aryl methyl sites for hydroxylation is 3. The average molecular weight is 213 g/mol. The maximum Gasteiger partial charge on any atom is 0.179 e. The summed E-state index contributed by atoms with van der Waals surface area (Å²) < 4.78 is 0. The zero-order chi connectivity index (χ0) is 11.3.